The van der Waals surface area contributed by atoms with Crippen LogP contribution < -0.4 is 5.48 Å². The molecule has 2 aliphatic heterocycles. The maximum Gasteiger partial charge on any atom is 0.418 e. The highest BCUT2D eigenvalue weighted by atomic mass is 32.3. The van der Waals surface area contributed by atoms with E-state index in [1.54, 1.807) is 0 Å². The third-order valence-corrected chi connectivity index (χ3v) is 3.47. The Kier molecular flexibility index (Phi) is 4.41. The number of aldehydes is 1. The number of hydrogen-bond acceptors (Lipinski definition) is 7. The summed E-state index contributed by atoms with van der Waals surface area (Å²) in [6.45, 7) is -0.243. The van der Waals surface area contributed by atoms with Gasteiger partial charge in [0.2, 0.25) is 0 Å². The van der Waals surface area contributed by atoms with E-state index >= 15 is 0 Å². The van der Waals surface area contributed by atoms with E-state index in [-0.39, 0.29) is 19.6 Å². The standard InChI is InChI=1S/C9H13N3O8S/c13-3-4-19-10-8(14)7-2-1-6-5-11(7)9(15)12(6)20-21(16,17)18/h3,6-7H,1-2,4-5H2,(H,10,14)(H,16,17,18)/t6-,7+/m1/s1. The highest BCUT2D eigenvalue weighted by Gasteiger charge is 2.49. The molecule has 0 aromatic rings. The zero-order valence-electron chi connectivity index (χ0n) is 10.7. The van der Waals surface area contributed by atoms with Gasteiger partial charge in [-0.25, -0.2) is 10.3 Å². The molecule has 0 aromatic heterocycles. The van der Waals surface area contributed by atoms with Crippen LogP contribution in [0.1, 0.15) is 12.8 Å². The predicted octanol–water partition coefficient (Wildman–Crippen LogP) is -1.76. The molecule has 0 unspecified atom stereocenters. The lowest BCUT2D eigenvalue weighted by Crippen LogP contribution is -2.49. The number of carbonyl (C=O) groups excluding carboxylic acids is 3. The number of nitrogens with one attached hydrogen (secondary N) is 1. The average Bonchev–Trinajstić information content (AvgIpc) is 2.63. The first-order valence-electron chi connectivity index (χ1n) is 5.95. The largest absolute Gasteiger partial charge is 0.418 e. The van der Waals surface area contributed by atoms with E-state index in [1.165, 1.54) is 0 Å². The van der Waals surface area contributed by atoms with Crippen molar-refractivity contribution in [3.8, 4) is 0 Å². The third-order valence-electron chi connectivity index (χ3n) is 3.12. The van der Waals surface area contributed by atoms with Crippen LogP contribution in [0.5, 0.6) is 0 Å². The minimum Gasteiger partial charge on any atom is -0.309 e. The lowest BCUT2D eigenvalue weighted by Gasteiger charge is -2.28. The van der Waals surface area contributed by atoms with E-state index < -0.39 is 34.4 Å². The molecule has 0 spiro atoms. The van der Waals surface area contributed by atoms with Crippen LogP contribution >= 0.6 is 0 Å². The zero-order chi connectivity index (χ0) is 15.6. The Morgan fingerprint density at radius 1 is 1.48 bits per heavy atom. The Bertz CT molecular complexity index is 549. The minimum atomic E-state index is -4.82. The molecule has 0 aromatic carbocycles. The molecular formula is C9H13N3O8S. The summed E-state index contributed by atoms with van der Waals surface area (Å²) in [5, 5.41) is 0.537. The van der Waals surface area contributed by atoms with E-state index in [4.69, 9.17) is 4.55 Å². The number of rotatable bonds is 6. The predicted molar refractivity (Wildman–Crippen MR) is 63.5 cm³/mol. The number of amides is 3. The van der Waals surface area contributed by atoms with Crippen molar-refractivity contribution in [2.45, 2.75) is 24.9 Å². The first kappa shape index (κ1) is 15.6. The molecule has 2 heterocycles. The van der Waals surface area contributed by atoms with Gasteiger partial charge in [-0.1, -0.05) is 0 Å². The van der Waals surface area contributed by atoms with E-state index in [9.17, 15) is 22.8 Å². The van der Waals surface area contributed by atoms with Crippen molar-refractivity contribution in [1.82, 2.24) is 15.4 Å². The monoisotopic (exact) mass is 323 g/mol. The second-order valence-corrected chi connectivity index (χ2v) is 5.46. The lowest BCUT2D eigenvalue weighted by atomic mass is 10.0. The first-order chi connectivity index (χ1) is 9.83. The fourth-order valence-electron chi connectivity index (χ4n) is 2.32. The highest BCUT2D eigenvalue weighted by Crippen LogP contribution is 2.30. The topological polar surface area (TPSA) is 143 Å². The molecular weight excluding hydrogens is 310 g/mol. The van der Waals surface area contributed by atoms with Crippen molar-refractivity contribution < 1.29 is 36.5 Å². The van der Waals surface area contributed by atoms with Gasteiger partial charge in [-0.05, 0) is 12.8 Å². The molecule has 21 heavy (non-hydrogen) atoms. The second-order valence-electron chi connectivity index (χ2n) is 4.45. The van der Waals surface area contributed by atoms with Gasteiger partial charge >= 0.3 is 16.4 Å². The molecule has 0 saturated carbocycles. The number of urea groups is 1. The van der Waals surface area contributed by atoms with Crippen LogP contribution in [0.3, 0.4) is 0 Å². The van der Waals surface area contributed by atoms with Gasteiger partial charge in [-0.2, -0.15) is 13.5 Å². The molecule has 2 fully saturated rings. The number of carbonyl (C=O) groups is 3. The van der Waals surface area contributed by atoms with Crippen LogP contribution in [0.2, 0.25) is 0 Å². The average molecular weight is 323 g/mol. The summed E-state index contributed by atoms with van der Waals surface area (Å²) in [6, 6.07) is -2.28. The normalized spacial score (nSPS) is 25.1. The van der Waals surface area contributed by atoms with E-state index in [0.717, 1.165) is 4.90 Å². The Morgan fingerprint density at radius 3 is 2.81 bits per heavy atom. The van der Waals surface area contributed by atoms with Gasteiger partial charge in [-0.15, -0.1) is 4.28 Å². The second kappa shape index (κ2) is 5.93. The molecule has 2 aliphatic rings. The SMILES string of the molecule is O=CCONC(=O)[C@@H]1CC[C@@H]2CN1C(=O)N2OS(=O)(=O)O. The summed E-state index contributed by atoms with van der Waals surface area (Å²) >= 11 is 0. The molecule has 11 nitrogen and oxygen atoms in total. The van der Waals surface area contributed by atoms with Crippen molar-refractivity contribution in [3.05, 3.63) is 0 Å². The molecule has 2 rings (SSSR count). The maximum absolute atomic E-state index is 12.0. The minimum absolute atomic E-state index is 0.0835. The van der Waals surface area contributed by atoms with Crippen molar-refractivity contribution in [3.63, 3.8) is 0 Å². The van der Waals surface area contributed by atoms with Crippen LogP contribution in [0.4, 0.5) is 4.79 Å². The summed E-state index contributed by atoms with van der Waals surface area (Å²) in [5.41, 5.74) is 2.03. The van der Waals surface area contributed by atoms with Crippen LogP contribution in [0, 0.1) is 0 Å². The molecule has 2 atom stereocenters. The zero-order valence-corrected chi connectivity index (χ0v) is 11.5. The highest BCUT2D eigenvalue weighted by molar-refractivity contribution is 7.80. The summed E-state index contributed by atoms with van der Waals surface area (Å²) in [5.74, 6) is -0.627. The number of nitrogens with zero attached hydrogens (tertiary/aromatic N) is 2. The summed E-state index contributed by atoms with van der Waals surface area (Å²) < 4.78 is 34.3. The molecule has 118 valence electrons. The quantitative estimate of drug-likeness (QED) is 0.253. The smallest absolute Gasteiger partial charge is 0.309 e. The van der Waals surface area contributed by atoms with Crippen LogP contribution in [0.15, 0.2) is 0 Å². The van der Waals surface area contributed by atoms with Crippen molar-refractivity contribution in [1.29, 1.82) is 0 Å². The molecule has 2 N–H and O–H groups in total. The summed E-state index contributed by atoms with van der Waals surface area (Å²) in [6.07, 6.45) is 1.02. The number of fused-ring (bicyclic) bond motifs is 2. The number of piperidine rings is 1. The fraction of sp³-hybridized carbons (Fsp3) is 0.667. The summed E-state index contributed by atoms with van der Waals surface area (Å²) in [7, 11) is -4.82. The van der Waals surface area contributed by atoms with Crippen LogP contribution in [-0.4, -0.2) is 66.4 Å². The molecule has 0 radical (unpaired) electrons. The molecule has 0 aliphatic carbocycles. The van der Waals surface area contributed by atoms with Crippen molar-refractivity contribution >= 4 is 28.6 Å². The Labute approximate surface area is 119 Å². The van der Waals surface area contributed by atoms with Crippen LogP contribution in [-0.2, 0) is 29.1 Å². The van der Waals surface area contributed by atoms with Gasteiger partial charge < -0.3 is 9.69 Å². The fourth-order valence-corrected chi connectivity index (χ4v) is 2.71. The van der Waals surface area contributed by atoms with Gasteiger partial charge in [0.15, 0.2) is 0 Å². The molecule has 2 saturated heterocycles. The van der Waals surface area contributed by atoms with Gasteiger partial charge in [0.25, 0.3) is 5.91 Å². The van der Waals surface area contributed by atoms with Gasteiger partial charge in [-0.3, -0.25) is 14.2 Å². The van der Waals surface area contributed by atoms with Crippen molar-refractivity contribution in [2.24, 2.45) is 0 Å². The Balaban J connectivity index is 2.03. The van der Waals surface area contributed by atoms with Gasteiger partial charge in [0.1, 0.15) is 18.9 Å². The number of hydrogen-bond donors (Lipinski definition) is 2. The lowest BCUT2D eigenvalue weighted by molar-refractivity contribution is -0.140. The molecule has 12 heteroatoms. The van der Waals surface area contributed by atoms with E-state index in [1.807, 2.05) is 5.48 Å². The van der Waals surface area contributed by atoms with E-state index in [0.29, 0.717) is 17.8 Å². The molecule has 2 bridgehead atoms. The van der Waals surface area contributed by atoms with Crippen molar-refractivity contribution in [2.75, 3.05) is 13.2 Å². The maximum atomic E-state index is 12.0. The third kappa shape index (κ3) is 3.47. The molecule has 3 amide bonds. The van der Waals surface area contributed by atoms with Gasteiger partial charge in [0.05, 0.1) is 6.04 Å². The van der Waals surface area contributed by atoms with Crippen LogP contribution in [0.25, 0.3) is 0 Å². The summed E-state index contributed by atoms with van der Waals surface area (Å²) in [4.78, 5) is 39.6. The van der Waals surface area contributed by atoms with E-state index in [2.05, 4.69) is 9.12 Å². The Hall–Kier alpha value is -1.76. The first-order valence-corrected chi connectivity index (χ1v) is 7.32. The Morgan fingerprint density at radius 2 is 2.19 bits per heavy atom. The number of hydroxylamine groups is 3. The van der Waals surface area contributed by atoms with Gasteiger partial charge in [0, 0.05) is 6.54 Å².